The van der Waals surface area contributed by atoms with Gasteiger partial charge in [-0.05, 0) is 74.1 Å². The third-order valence-corrected chi connectivity index (χ3v) is 6.26. The molecule has 2 aromatic rings. The molecule has 0 aromatic heterocycles. The van der Waals surface area contributed by atoms with Gasteiger partial charge in [-0.15, -0.1) is 0 Å². The smallest absolute Gasteiger partial charge is 0.319 e. The van der Waals surface area contributed by atoms with Gasteiger partial charge in [0.1, 0.15) is 11.7 Å². The van der Waals surface area contributed by atoms with Crippen LogP contribution in [0.3, 0.4) is 0 Å². The van der Waals surface area contributed by atoms with Crippen LogP contribution in [-0.2, 0) is 20.8 Å². The van der Waals surface area contributed by atoms with Crippen LogP contribution >= 0.6 is 0 Å². The number of hydrogen-bond donors (Lipinski definition) is 4. The van der Waals surface area contributed by atoms with Crippen molar-refractivity contribution in [3.8, 4) is 0 Å². The second-order valence-corrected chi connectivity index (χ2v) is 8.97. The van der Waals surface area contributed by atoms with E-state index in [1.807, 2.05) is 50.2 Å². The number of carbonyl (C=O) groups excluding carboxylic acids is 4. The number of carbonyl (C=O) groups is 4. The van der Waals surface area contributed by atoms with Crippen LogP contribution in [-0.4, -0.2) is 41.2 Å². The number of amides is 5. The molecule has 0 saturated carbocycles. The van der Waals surface area contributed by atoms with Crippen molar-refractivity contribution in [3.05, 3.63) is 83.2 Å². The van der Waals surface area contributed by atoms with Crippen LogP contribution in [0, 0.1) is 13.8 Å². The van der Waals surface area contributed by atoms with Gasteiger partial charge in [-0.3, -0.25) is 19.3 Å². The molecule has 2 aliphatic rings. The molecule has 36 heavy (non-hydrogen) atoms. The van der Waals surface area contributed by atoms with E-state index in [-0.39, 0.29) is 11.7 Å². The van der Waals surface area contributed by atoms with Crippen molar-refractivity contribution in [2.75, 3.05) is 17.2 Å². The third-order valence-electron chi connectivity index (χ3n) is 6.26. The molecular weight excluding hydrogens is 458 g/mol. The summed E-state index contributed by atoms with van der Waals surface area (Å²) in [5.74, 6) is -1.47. The van der Waals surface area contributed by atoms with Crippen molar-refractivity contribution in [2.45, 2.75) is 39.2 Å². The molecule has 1 fully saturated rings. The molecular formula is C27H29N5O4. The lowest BCUT2D eigenvalue weighted by atomic mass is 10.0. The molecule has 1 saturated heterocycles. The minimum absolute atomic E-state index is 0.111. The van der Waals surface area contributed by atoms with Crippen molar-refractivity contribution in [1.82, 2.24) is 15.5 Å². The summed E-state index contributed by atoms with van der Waals surface area (Å²) in [5, 5.41) is 11.3. The van der Waals surface area contributed by atoms with E-state index >= 15 is 0 Å². The monoisotopic (exact) mass is 487 g/mol. The predicted octanol–water partition coefficient (Wildman–Crippen LogP) is 3.12. The van der Waals surface area contributed by atoms with Gasteiger partial charge in [-0.1, -0.05) is 24.8 Å². The van der Waals surface area contributed by atoms with Gasteiger partial charge in [-0.2, -0.15) is 0 Å². The molecule has 0 bridgehead atoms. The van der Waals surface area contributed by atoms with Crippen LogP contribution in [0.15, 0.2) is 66.5 Å². The molecule has 5 amide bonds. The first-order chi connectivity index (χ1) is 17.2. The number of imide groups is 1. The Labute approximate surface area is 209 Å². The highest BCUT2D eigenvalue weighted by molar-refractivity contribution is 6.19. The van der Waals surface area contributed by atoms with Crippen molar-refractivity contribution < 1.29 is 19.2 Å². The van der Waals surface area contributed by atoms with Gasteiger partial charge in [0.25, 0.3) is 11.8 Å². The highest BCUT2D eigenvalue weighted by Gasteiger charge is 2.41. The molecule has 186 valence electrons. The maximum Gasteiger partial charge on any atom is 0.319 e. The molecule has 2 aromatic carbocycles. The first-order valence-electron chi connectivity index (χ1n) is 11.8. The van der Waals surface area contributed by atoms with Crippen LogP contribution in [0.25, 0.3) is 0 Å². The lowest BCUT2D eigenvalue weighted by molar-refractivity contribution is -0.146. The van der Waals surface area contributed by atoms with Gasteiger partial charge in [0.05, 0.1) is 0 Å². The predicted molar refractivity (Wildman–Crippen MR) is 137 cm³/mol. The lowest BCUT2D eigenvalue weighted by Gasteiger charge is -2.29. The first kappa shape index (κ1) is 24.7. The number of rotatable bonds is 7. The Balaban J connectivity index is 1.31. The highest BCUT2D eigenvalue weighted by Crippen LogP contribution is 2.24. The average molecular weight is 488 g/mol. The third kappa shape index (κ3) is 5.63. The molecule has 4 rings (SSSR count). The molecule has 1 atom stereocenters. The number of urea groups is 1. The molecule has 0 spiro atoms. The van der Waals surface area contributed by atoms with E-state index in [0.717, 1.165) is 27.3 Å². The summed E-state index contributed by atoms with van der Waals surface area (Å²) in [6.45, 7) is 8.15. The Morgan fingerprint density at radius 3 is 2.64 bits per heavy atom. The minimum atomic E-state index is -0.849. The van der Waals surface area contributed by atoms with Crippen LogP contribution < -0.4 is 21.3 Å². The Hall–Kier alpha value is -4.40. The summed E-state index contributed by atoms with van der Waals surface area (Å²) in [6.07, 6.45) is 2.64. The van der Waals surface area contributed by atoms with E-state index in [1.165, 1.54) is 6.08 Å². The fraction of sp³-hybridized carbons (Fsp3) is 0.259. The zero-order chi connectivity index (χ0) is 25.8. The van der Waals surface area contributed by atoms with Crippen molar-refractivity contribution in [3.63, 3.8) is 0 Å². The van der Waals surface area contributed by atoms with Gasteiger partial charge >= 0.3 is 6.03 Å². The van der Waals surface area contributed by atoms with Crippen molar-refractivity contribution in [1.29, 1.82) is 0 Å². The highest BCUT2D eigenvalue weighted by atomic mass is 16.2. The van der Waals surface area contributed by atoms with Gasteiger partial charge in [0.15, 0.2) is 0 Å². The second kappa shape index (κ2) is 10.5. The molecule has 4 N–H and O–H groups in total. The Morgan fingerprint density at radius 2 is 1.89 bits per heavy atom. The summed E-state index contributed by atoms with van der Waals surface area (Å²) in [5.41, 5.74) is 5.25. The molecule has 0 aliphatic carbocycles. The summed E-state index contributed by atoms with van der Waals surface area (Å²) in [7, 11) is 0. The lowest BCUT2D eigenvalue weighted by Crippen LogP contribution is -2.52. The second-order valence-electron chi connectivity index (χ2n) is 8.97. The van der Waals surface area contributed by atoms with E-state index < -0.39 is 23.8 Å². The number of aryl methyl sites for hydroxylation is 2. The SMILES string of the molecule is C=C1CCC(N2C(=O)C=C(Nc3cccc(CCNC(=O)Nc4ccc(C)c(C)c4)c3)C2=O)C(=O)N1. The maximum atomic E-state index is 12.9. The number of benzene rings is 2. The van der Waals surface area contributed by atoms with Gasteiger partial charge in [-0.25, -0.2) is 4.79 Å². The minimum Gasteiger partial charge on any atom is -0.351 e. The van der Waals surface area contributed by atoms with E-state index in [1.54, 1.807) is 6.07 Å². The summed E-state index contributed by atoms with van der Waals surface area (Å²) in [6, 6.07) is 12.0. The molecule has 1 unspecified atom stereocenters. The Morgan fingerprint density at radius 1 is 1.08 bits per heavy atom. The van der Waals surface area contributed by atoms with Crippen molar-refractivity contribution >= 4 is 35.1 Å². The zero-order valence-electron chi connectivity index (χ0n) is 20.3. The quantitative estimate of drug-likeness (QED) is 0.448. The van der Waals surface area contributed by atoms with Crippen molar-refractivity contribution in [2.24, 2.45) is 0 Å². The van der Waals surface area contributed by atoms with Crippen LogP contribution in [0.4, 0.5) is 16.2 Å². The maximum absolute atomic E-state index is 12.9. The topological polar surface area (TPSA) is 120 Å². The fourth-order valence-corrected chi connectivity index (χ4v) is 4.15. The summed E-state index contributed by atoms with van der Waals surface area (Å²) < 4.78 is 0. The zero-order valence-corrected chi connectivity index (χ0v) is 20.3. The van der Waals surface area contributed by atoms with Crippen LogP contribution in [0.2, 0.25) is 0 Å². The van der Waals surface area contributed by atoms with Crippen LogP contribution in [0.5, 0.6) is 0 Å². The van der Waals surface area contributed by atoms with Gasteiger partial charge in [0.2, 0.25) is 5.91 Å². The first-order valence-corrected chi connectivity index (χ1v) is 11.8. The standard InChI is InChI=1S/C27H29N5O4/c1-16-7-9-21(13-17(16)2)31-27(36)28-12-11-19-5-4-6-20(14-19)30-22-15-24(33)32(26(22)35)23-10-8-18(3)29-25(23)34/h4-7,9,13-15,23,30H,3,8,10-12H2,1-2H3,(H,29,34)(H2,28,31,36). The van der Waals surface area contributed by atoms with E-state index in [2.05, 4.69) is 27.8 Å². The largest absolute Gasteiger partial charge is 0.351 e. The molecule has 2 heterocycles. The Kier molecular flexibility index (Phi) is 7.19. The Bertz CT molecular complexity index is 1280. The number of nitrogens with one attached hydrogen (secondary N) is 4. The normalized spacial score (nSPS) is 17.6. The number of hydrogen-bond acceptors (Lipinski definition) is 5. The molecule has 2 aliphatic heterocycles. The van der Waals surface area contributed by atoms with E-state index in [4.69, 9.17) is 0 Å². The summed E-state index contributed by atoms with van der Waals surface area (Å²) in [4.78, 5) is 50.9. The van der Waals surface area contributed by atoms with E-state index in [0.29, 0.717) is 37.2 Å². The van der Waals surface area contributed by atoms with Gasteiger partial charge < -0.3 is 21.3 Å². The van der Waals surface area contributed by atoms with Crippen LogP contribution in [0.1, 0.15) is 29.5 Å². The average Bonchev–Trinajstić information content (AvgIpc) is 3.09. The molecule has 9 heteroatoms. The summed E-state index contributed by atoms with van der Waals surface area (Å²) >= 11 is 0. The van der Waals surface area contributed by atoms with Gasteiger partial charge in [0, 0.05) is 29.7 Å². The number of allylic oxidation sites excluding steroid dienone is 1. The fourth-order valence-electron chi connectivity index (χ4n) is 4.15. The molecule has 9 nitrogen and oxygen atoms in total. The number of piperidine rings is 1. The van der Waals surface area contributed by atoms with E-state index in [9.17, 15) is 19.2 Å². The molecule has 0 radical (unpaired) electrons. The number of nitrogens with zero attached hydrogens (tertiary/aromatic N) is 1. The number of anilines is 2.